The third-order valence-corrected chi connectivity index (χ3v) is 22.6. The van der Waals surface area contributed by atoms with E-state index in [-0.39, 0.29) is 25.7 Å². The zero-order valence-electron chi connectivity index (χ0n) is 68.0. The van der Waals surface area contributed by atoms with Crippen LogP contribution in [0.25, 0.3) is 0 Å². The molecule has 0 aromatic heterocycles. The minimum absolute atomic E-state index is 0.107. The van der Waals surface area contributed by atoms with Crippen molar-refractivity contribution in [1.29, 1.82) is 0 Å². The fraction of sp³-hybridized carbons (Fsp3) is 0.952. The van der Waals surface area contributed by atoms with E-state index in [0.29, 0.717) is 25.7 Å². The van der Waals surface area contributed by atoms with E-state index < -0.39 is 97.5 Å². The third-order valence-electron chi connectivity index (χ3n) is 20.7. The van der Waals surface area contributed by atoms with Crippen molar-refractivity contribution in [2.24, 2.45) is 23.7 Å². The predicted octanol–water partition coefficient (Wildman–Crippen LogP) is 25.2. The summed E-state index contributed by atoms with van der Waals surface area (Å²) in [5.74, 6) is 1.09. The highest BCUT2D eigenvalue weighted by Crippen LogP contribution is 2.45. The van der Waals surface area contributed by atoms with Gasteiger partial charge in [-0.1, -0.05) is 383 Å². The number of hydrogen-bond donors (Lipinski definition) is 3. The summed E-state index contributed by atoms with van der Waals surface area (Å²) in [6.07, 6.45) is 61.0. The van der Waals surface area contributed by atoms with Crippen molar-refractivity contribution >= 4 is 39.5 Å². The van der Waals surface area contributed by atoms with Crippen LogP contribution < -0.4 is 0 Å². The molecule has 103 heavy (non-hydrogen) atoms. The Morgan fingerprint density at radius 2 is 0.466 bits per heavy atom. The molecular formula is C84H164O17P2. The lowest BCUT2D eigenvalue weighted by Crippen LogP contribution is -2.30. The van der Waals surface area contributed by atoms with Gasteiger partial charge in [-0.05, 0) is 49.4 Å². The molecule has 0 rings (SSSR count). The number of rotatable bonds is 81. The van der Waals surface area contributed by atoms with E-state index >= 15 is 0 Å². The number of phosphoric acid groups is 2. The number of ether oxygens (including phenoxy) is 4. The van der Waals surface area contributed by atoms with Gasteiger partial charge in [-0.2, -0.15) is 0 Å². The Morgan fingerprint density at radius 1 is 0.272 bits per heavy atom. The van der Waals surface area contributed by atoms with Gasteiger partial charge < -0.3 is 33.8 Å². The maximum atomic E-state index is 13.1. The standard InChI is InChI=1S/C84H164O17P2/c1-9-75(6)61-53-45-37-31-24-20-16-14-12-13-15-17-22-26-34-40-50-58-67-84(89)101-80(71-95-82(87)65-57-49-43-42-47-55-63-77(8)11-3)73-99-103(92,93)97-69-78(85)68-96-102(90,91)98-72-79(70-94-81(86)64-56-48-39-33-29-28-30-36-44-52-60-74(4)5)100-83(88)66-59-51-41-35-27-23-19-18-21-25-32-38-46-54-62-76(7)10-2/h74-80,85H,9-73H2,1-8H3,(H,90,91)(H,92,93)/t75?,76?,77?,78-,79-,80-/m1/s1. The smallest absolute Gasteiger partial charge is 0.462 e. The minimum Gasteiger partial charge on any atom is -0.462 e. The van der Waals surface area contributed by atoms with Crippen LogP contribution in [0.4, 0.5) is 0 Å². The quantitative estimate of drug-likeness (QED) is 0.0222. The Morgan fingerprint density at radius 3 is 0.689 bits per heavy atom. The SMILES string of the molecule is CCC(C)CCCCCCCCCCCCCCCCCCCCC(=O)O[C@H](COC(=O)CCCCCCCCC(C)CC)COP(=O)(O)OC[C@H](O)COP(=O)(O)OC[C@@H](COC(=O)CCCCCCCCCCCCC(C)C)OC(=O)CCCCCCCCCCCCCCCCC(C)CC. The third kappa shape index (κ3) is 74.0. The summed E-state index contributed by atoms with van der Waals surface area (Å²) in [5.41, 5.74) is 0. The minimum atomic E-state index is -4.96. The van der Waals surface area contributed by atoms with Crippen LogP contribution in [-0.2, 0) is 65.4 Å². The Kier molecular flexibility index (Phi) is 71.5. The fourth-order valence-corrected chi connectivity index (χ4v) is 14.4. The first kappa shape index (κ1) is 101. The molecule has 3 N–H and O–H groups in total. The molecule has 0 aliphatic carbocycles. The summed E-state index contributed by atoms with van der Waals surface area (Å²) in [6.45, 7) is 14.3. The number of aliphatic hydroxyl groups excluding tert-OH is 1. The normalized spacial score (nSPS) is 14.8. The van der Waals surface area contributed by atoms with Gasteiger partial charge in [0.25, 0.3) is 0 Å². The first-order chi connectivity index (χ1) is 49.7. The van der Waals surface area contributed by atoms with Crippen molar-refractivity contribution in [3.63, 3.8) is 0 Å². The second-order valence-corrected chi connectivity index (χ2v) is 34.3. The zero-order chi connectivity index (χ0) is 76.0. The molecule has 0 heterocycles. The molecule has 0 spiro atoms. The second kappa shape index (κ2) is 72.9. The van der Waals surface area contributed by atoms with Gasteiger partial charge in [0.2, 0.25) is 0 Å². The van der Waals surface area contributed by atoms with Gasteiger partial charge >= 0.3 is 39.5 Å². The molecule has 0 amide bonds. The van der Waals surface area contributed by atoms with Crippen molar-refractivity contribution in [2.45, 2.75) is 453 Å². The lowest BCUT2D eigenvalue weighted by atomic mass is 9.99. The van der Waals surface area contributed by atoms with Crippen molar-refractivity contribution in [3.8, 4) is 0 Å². The van der Waals surface area contributed by atoms with Crippen LogP contribution in [0.3, 0.4) is 0 Å². The molecule has 0 aliphatic rings. The number of carbonyl (C=O) groups excluding carboxylic acids is 4. The van der Waals surface area contributed by atoms with Crippen molar-refractivity contribution in [2.75, 3.05) is 39.6 Å². The van der Waals surface area contributed by atoms with Crippen molar-refractivity contribution in [1.82, 2.24) is 0 Å². The highest BCUT2D eigenvalue weighted by molar-refractivity contribution is 7.47. The van der Waals surface area contributed by atoms with E-state index in [1.165, 1.54) is 231 Å². The highest BCUT2D eigenvalue weighted by atomic mass is 31.2. The Balaban J connectivity index is 5.20. The molecule has 0 aromatic rings. The van der Waals surface area contributed by atoms with Crippen molar-refractivity contribution < 1.29 is 80.2 Å². The summed E-state index contributed by atoms with van der Waals surface area (Å²) >= 11 is 0. The summed E-state index contributed by atoms with van der Waals surface area (Å²) in [4.78, 5) is 73.1. The molecule has 17 nitrogen and oxygen atoms in total. The number of carbonyl (C=O) groups is 4. The summed E-state index contributed by atoms with van der Waals surface area (Å²) < 4.78 is 68.8. The maximum absolute atomic E-state index is 13.1. The average Bonchev–Trinajstić information content (AvgIpc) is 0.919. The molecule has 0 saturated heterocycles. The Labute approximate surface area is 632 Å². The molecule has 0 bridgehead atoms. The van der Waals surface area contributed by atoms with Crippen LogP contribution in [0, 0.1) is 23.7 Å². The van der Waals surface area contributed by atoms with Gasteiger partial charge in [0.05, 0.1) is 26.4 Å². The van der Waals surface area contributed by atoms with Crippen LogP contribution in [0.1, 0.15) is 434 Å². The molecule has 8 atom stereocenters. The summed E-state index contributed by atoms with van der Waals surface area (Å²) in [7, 11) is -9.93. The fourth-order valence-electron chi connectivity index (χ4n) is 12.9. The van der Waals surface area contributed by atoms with Gasteiger partial charge in [0.15, 0.2) is 12.2 Å². The van der Waals surface area contributed by atoms with Gasteiger partial charge in [-0.25, -0.2) is 9.13 Å². The first-order valence-electron chi connectivity index (χ1n) is 43.3. The molecular weight excluding hydrogens is 1340 g/mol. The van der Waals surface area contributed by atoms with Crippen LogP contribution in [0.15, 0.2) is 0 Å². The van der Waals surface area contributed by atoms with Gasteiger partial charge in [0, 0.05) is 25.7 Å². The number of hydrogen-bond acceptors (Lipinski definition) is 15. The van der Waals surface area contributed by atoms with E-state index in [4.69, 9.17) is 37.0 Å². The van der Waals surface area contributed by atoms with Crippen molar-refractivity contribution in [3.05, 3.63) is 0 Å². The van der Waals surface area contributed by atoms with Crippen LogP contribution in [0.5, 0.6) is 0 Å². The van der Waals surface area contributed by atoms with Gasteiger partial charge in [-0.3, -0.25) is 37.3 Å². The van der Waals surface area contributed by atoms with Gasteiger partial charge in [-0.15, -0.1) is 0 Å². The van der Waals surface area contributed by atoms with Crippen LogP contribution in [-0.4, -0.2) is 96.7 Å². The Bertz CT molecular complexity index is 2010. The molecule has 19 heteroatoms. The predicted molar refractivity (Wildman–Crippen MR) is 423 cm³/mol. The van der Waals surface area contributed by atoms with E-state index in [9.17, 15) is 43.2 Å². The lowest BCUT2D eigenvalue weighted by Gasteiger charge is -2.21. The molecule has 0 fully saturated rings. The number of unbranched alkanes of at least 4 members (excludes halogenated alkanes) is 44. The number of phosphoric ester groups is 2. The van der Waals surface area contributed by atoms with E-state index in [1.54, 1.807) is 0 Å². The summed E-state index contributed by atoms with van der Waals surface area (Å²) in [5, 5.41) is 10.7. The highest BCUT2D eigenvalue weighted by Gasteiger charge is 2.30. The number of aliphatic hydroxyl groups is 1. The van der Waals surface area contributed by atoms with Crippen LogP contribution in [0.2, 0.25) is 0 Å². The maximum Gasteiger partial charge on any atom is 0.472 e. The molecule has 0 aliphatic heterocycles. The average molecular weight is 1510 g/mol. The molecule has 0 radical (unpaired) electrons. The first-order valence-corrected chi connectivity index (χ1v) is 46.3. The summed E-state index contributed by atoms with van der Waals surface area (Å²) in [6, 6.07) is 0. The molecule has 5 unspecified atom stereocenters. The molecule has 0 saturated carbocycles. The van der Waals surface area contributed by atoms with Crippen LogP contribution >= 0.6 is 15.6 Å². The van der Waals surface area contributed by atoms with E-state index in [2.05, 4.69) is 55.4 Å². The largest absolute Gasteiger partial charge is 0.472 e. The van der Waals surface area contributed by atoms with E-state index in [1.807, 2.05) is 0 Å². The van der Waals surface area contributed by atoms with Gasteiger partial charge in [0.1, 0.15) is 19.3 Å². The number of esters is 4. The topological polar surface area (TPSA) is 237 Å². The molecule has 0 aromatic carbocycles. The second-order valence-electron chi connectivity index (χ2n) is 31.4. The lowest BCUT2D eigenvalue weighted by molar-refractivity contribution is -0.161. The molecule has 612 valence electrons. The Hall–Kier alpha value is -1.94. The van der Waals surface area contributed by atoms with E-state index in [0.717, 1.165) is 120 Å². The monoisotopic (exact) mass is 1510 g/mol. The zero-order valence-corrected chi connectivity index (χ0v) is 69.7.